The third kappa shape index (κ3) is 4.73. The molecule has 0 aromatic heterocycles. The maximum absolute atomic E-state index is 12.6. The largest absolute Gasteiger partial charge is 0.455 e. The molecule has 0 spiro atoms. The molecule has 31 heavy (non-hydrogen) atoms. The van der Waals surface area contributed by atoms with Crippen LogP contribution >= 0.6 is 27.5 Å². The highest BCUT2D eigenvalue weighted by molar-refractivity contribution is 9.10. The van der Waals surface area contributed by atoms with E-state index < -0.39 is 24.4 Å². The van der Waals surface area contributed by atoms with E-state index in [1.807, 2.05) is 42.5 Å². The first-order valence-corrected chi connectivity index (χ1v) is 10.8. The average Bonchev–Trinajstić information content (AvgIpc) is 3.15. The molecule has 2 amide bonds. The monoisotopic (exact) mass is 500 g/mol. The molecule has 0 unspecified atom stereocenters. The number of nitrogens with zero attached hydrogens (tertiary/aromatic N) is 1. The fourth-order valence-electron chi connectivity index (χ4n) is 3.57. The van der Waals surface area contributed by atoms with E-state index in [1.54, 1.807) is 23.1 Å². The van der Waals surface area contributed by atoms with Crippen LogP contribution in [0, 0.1) is 5.92 Å². The molecule has 1 N–H and O–H groups in total. The number of esters is 1. The predicted octanol–water partition coefficient (Wildman–Crippen LogP) is 4.79. The summed E-state index contributed by atoms with van der Waals surface area (Å²) < 4.78 is 5.94. The Morgan fingerprint density at radius 3 is 2.71 bits per heavy atom. The van der Waals surface area contributed by atoms with Gasteiger partial charge in [0.25, 0.3) is 5.91 Å². The van der Waals surface area contributed by atoms with E-state index >= 15 is 0 Å². The molecule has 1 saturated heterocycles. The smallest absolute Gasteiger partial charge is 0.311 e. The van der Waals surface area contributed by atoms with Crippen molar-refractivity contribution in [3.63, 3.8) is 0 Å². The lowest BCUT2D eigenvalue weighted by molar-refractivity contribution is -0.151. The molecule has 1 atom stereocenters. The number of anilines is 2. The van der Waals surface area contributed by atoms with Crippen LogP contribution in [0.3, 0.4) is 0 Å². The van der Waals surface area contributed by atoms with E-state index in [4.69, 9.17) is 16.3 Å². The SMILES string of the molecule is O=C(COC(=O)[C@H]1CC(=O)N(c2cccc3ccccc23)C1)Nc1ccc(Br)cc1Cl. The van der Waals surface area contributed by atoms with Gasteiger partial charge in [0.15, 0.2) is 6.61 Å². The number of hydrogen-bond donors (Lipinski definition) is 1. The number of carbonyl (C=O) groups excluding carboxylic acids is 3. The number of hydrogen-bond acceptors (Lipinski definition) is 4. The molecule has 1 aliphatic rings. The topological polar surface area (TPSA) is 75.7 Å². The first-order chi connectivity index (χ1) is 14.9. The molecule has 0 saturated carbocycles. The van der Waals surface area contributed by atoms with Gasteiger partial charge in [-0.15, -0.1) is 0 Å². The maximum atomic E-state index is 12.6. The summed E-state index contributed by atoms with van der Waals surface area (Å²) in [7, 11) is 0. The summed E-state index contributed by atoms with van der Waals surface area (Å²) in [5, 5.41) is 4.92. The zero-order valence-electron chi connectivity index (χ0n) is 16.3. The Labute approximate surface area is 192 Å². The van der Waals surface area contributed by atoms with E-state index in [-0.39, 0.29) is 18.9 Å². The van der Waals surface area contributed by atoms with Crippen molar-refractivity contribution < 1.29 is 19.1 Å². The van der Waals surface area contributed by atoms with Crippen LogP contribution in [0.25, 0.3) is 10.8 Å². The number of nitrogens with one attached hydrogen (secondary N) is 1. The fourth-order valence-corrected chi connectivity index (χ4v) is 4.29. The van der Waals surface area contributed by atoms with Gasteiger partial charge in [-0.2, -0.15) is 0 Å². The van der Waals surface area contributed by atoms with E-state index in [0.29, 0.717) is 10.7 Å². The molecule has 4 rings (SSSR count). The second-order valence-corrected chi connectivity index (χ2v) is 8.51. The summed E-state index contributed by atoms with van der Waals surface area (Å²) in [5.74, 6) is -1.86. The first kappa shape index (κ1) is 21.3. The van der Waals surface area contributed by atoms with Gasteiger partial charge in [-0.25, -0.2) is 0 Å². The van der Waals surface area contributed by atoms with Crippen LogP contribution < -0.4 is 10.2 Å². The maximum Gasteiger partial charge on any atom is 0.311 e. The number of halogens is 2. The third-order valence-electron chi connectivity index (χ3n) is 5.07. The second-order valence-electron chi connectivity index (χ2n) is 7.18. The molecule has 158 valence electrons. The normalized spacial score (nSPS) is 15.9. The van der Waals surface area contributed by atoms with Crippen LogP contribution in [-0.2, 0) is 19.1 Å². The Balaban J connectivity index is 1.37. The van der Waals surface area contributed by atoms with Gasteiger partial charge in [0.1, 0.15) is 0 Å². The molecule has 1 fully saturated rings. The Morgan fingerprint density at radius 1 is 1.13 bits per heavy atom. The third-order valence-corrected chi connectivity index (χ3v) is 5.87. The van der Waals surface area contributed by atoms with Crippen molar-refractivity contribution in [2.75, 3.05) is 23.4 Å². The summed E-state index contributed by atoms with van der Waals surface area (Å²) >= 11 is 9.37. The minimum atomic E-state index is -0.629. The molecule has 1 heterocycles. The van der Waals surface area contributed by atoms with Crippen LogP contribution in [-0.4, -0.2) is 30.9 Å². The molecule has 1 aliphatic heterocycles. The highest BCUT2D eigenvalue weighted by Gasteiger charge is 2.36. The van der Waals surface area contributed by atoms with Gasteiger partial charge < -0.3 is 15.0 Å². The Morgan fingerprint density at radius 2 is 1.90 bits per heavy atom. The number of fused-ring (bicyclic) bond motifs is 1. The molecule has 3 aromatic rings. The van der Waals surface area contributed by atoms with Gasteiger partial charge in [-0.1, -0.05) is 63.9 Å². The summed E-state index contributed by atoms with van der Waals surface area (Å²) in [6.45, 7) is -0.240. The van der Waals surface area contributed by atoms with Crippen LogP contribution in [0.15, 0.2) is 65.1 Å². The summed E-state index contributed by atoms with van der Waals surface area (Å²) in [4.78, 5) is 38.8. The van der Waals surface area contributed by atoms with Crippen molar-refractivity contribution >= 4 is 67.5 Å². The first-order valence-electron chi connectivity index (χ1n) is 9.62. The van der Waals surface area contributed by atoms with Crippen molar-refractivity contribution in [2.24, 2.45) is 5.92 Å². The molecular formula is C23H18BrClN2O4. The van der Waals surface area contributed by atoms with Crippen molar-refractivity contribution in [1.82, 2.24) is 0 Å². The number of ether oxygens (including phenoxy) is 1. The van der Waals surface area contributed by atoms with E-state index in [9.17, 15) is 14.4 Å². The van der Waals surface area contributed by atoms with Gasteiger partial charge in [0.05, 0.1) is 22.3 Å². The molecule has 0 radical (unpaired) electrons. The zero-order chi connectivity index (χ0) is 22.0. The lowest BCUT2D eigenvalue weighted by Gasteiger charge is -2.18. The van der Waals surface area contributed by atoms with E-state index in [2.05, 4.69) is 21.2 Å². The Kier molecular flexibility index (Phi) is 6.25. The molecule has 8 heteroatoms. The minimum Gasteiger partial charge on any atom is -0.455 e. The van der Waals surface area contributed by atoms with Crippen LogP contribution in [0.1, 0.15) is 6.42 Å². The van der Waals surface area contributed by atoms with Crippen LogP contribution in [0.5, 0.6) is 0 Å². The Hall–Kier alpha value is -2.90. The quantitative estimate of drug-likeness (QED) is 0.510. The van der Waals surface area contributed by atoms with E-state index in [0.717, 1.165) is 20.9 Å². The zero-order valence-corrected chi connectivity index (χ0v) is 18.7. The van der Waals surface area contributed by atoms with Crippen molar-refractivity contribution in [3.8, 4) is 0 Å². The molecule has 6 nitrogen and oxygen atoms in total. The molecular weight excluding hydrogens is 484 g/mol. The van der Waals surface area contributed by atoms with Crippen molar-refractivity contribution in [2.45, 2.75) is 6.42 Å². The lowest BCUT2D eigenvalue weighted by atomic mass is 10.1. The van der Waals surface area contributed by atoms with Gasteiger partial charge >= 0.3 is 5.97 Å². The van der Waals surface area contributed by atoms with Crippen LogP contribution in [0.4, 0.5) is 11.4 Å². The predicted molar refractivity (Wildman–Crippen MR) is 123 cm³/mol. The van der Waals surface area contributed by atoms with Crippen molar-refractivity contribution in [1.29, 1.82) is 0 Å². The van der Waals surface area contributed by atoms with Crippen molar-refractivity contribution in [3.05, 3.63) is 70.2 Å². The minimum absolute atomic E-state index is 0.0439. The summed E-state index contributed by atoms with van der Waals surface area (Å²) in [6, 6.07) is 18.5. The molecule has 3 aromatic carbocycles. The van der Waals surface area contributed by atoms with Gasteiger partial charge in [0.2, 0.25) is 5.91 Å². The number of benzene rings is 3. The van der Waals surface area contributed by atoms with Gasteiger partial charge in [-0.3, -0.25) is 14.4 Å². The van der Waals surface area contributed by atoms with Gasteiger partial charge in [0, 0.05) is 22.8 Å². The van der Waals surface area contributed by atoms with Crippen LogP contribution in [0.2, 0.25) is 5.02 Å². The fraction of sp³-hybridized carbons (Fsp3) is 0.174. The molecule has 0 aliphatic carbocycles. The number of amides is 2. The van der Waals surface area contributed by atoms with E-state index in [1.165, 1.54) is 0 Å². The standard InChI is InChI=1S/C23H18BrClN2O4/c24-16-8-9-19(18(25)11-16)26-21(28)13-31-23(30)15-10-22(29)27(12-15)20-7-3-5-14-4-1-2-6-17(14)20/h1-9,11,15H,10,12-13H2,(H,26,28)/t15-/m0/s1. The summed E-state index contributed by atoms with van der Waals surface area (Å²) in [5.41, 5.74) is 1.19. The Bertz CT molecular complexity index is 1180. The second kappa shape index (κ2) is 9.08. The lowest BCUT2D eigenvalue weighted by Crippen LogP contribution is -2.28. The highest BCUT2D eigenvalue weighted by Crippen LogP contribution is 2.32. The number of carbonyl (C=O) groups is 3. The molecule has 0 bridgehead atoms. The highest BCUT2D eigenvalue weighted by atomic mass is 79.9. The number of rotatable bonds is 5. The van der Waals surface area contributed by atoms with Gasteiger partial charge in [-0.05, 0) is 29.7 Å². The summed E-state index contributed by atoms with van der Waals surface area (Å²) in [6.07, 6.45) is 0.0439. The average molecular weight is 502 g/mol.